The van der Waals surface area contributed by atoms with E-state index in [-0.39, 0.29) is 23.9 Å². The molecule has 120 valence electrons. The molecule has 0 atom stereocenters. The third kappa shape index (κ3) is 4.31. The first kappa shape index (κ1) is 16.5. The number of phenolic OH excluding ortho intramolecular Hbond substituents is 1. The van der Waals surface area contributed by atoms with E-state index in [1.165, 1.54) is 32.4 Å². The lowest BCUT2D eigenvalue weighted by molar-refractivity contribution is 0.0500. The van der Waals surface area contributed by atoms with Crippen molar-refractivity contribution in [1.29, 1.82) is 0 Å². The van der Waals surface area contributed by atoms with E-state index >= 15 is 0 Å². The van der Waals surface area contributed by atoms with E-state index in [1.54, 1.807) is 24.4 Å². The molecule has 0 aliphatic heterocycles. The Hall–Kier alpha value is -2.86. The maximum Gasteiger partial charge on any atom is 0.193 e. The molecular formula is C17H17NO5. The number of nitrogens with zero attached hydrogens (tertiary/aromatic N) is 1. The normalized spacial score (nSPS) is 10.7. The molecule has 1 aromatic heterocycles. The van der Waals surface area contributed by atoms with E-state index in [0.717, 1.165) is 0 Å². The van der Waals surface area contributed by atoms with Crippen LogP contribution < -0.4 is 9.47 Å². The number of aromatic nitrogens is 1. The minimum absolute atomic E-state index is 0.0371. The van der Waals surface area contributed by atoms with Crippen molar-refractivity contribution in [1.82, 2.24) is 4.98 Å². The maximum absolute atomic E-state index is 12.4. The Morgan fingerprint density at radius 1 is 1.30 bits per heavy atom. The fraction of sp³-hybridized carbons (Fsp3) is 0.176. The van der Waals surface area contributed by atoms with Crippen LogP contribution in [-0.2, 0) is 4.74 Å². The largest absolute Gasteiger partial charge is 0.507 e. The maximum atomic E-state index is 12.4. The van der Waals surface area contributed by atoms with Gasteiger partial charge in [0.15, 0.2) is 12.6 Å². The van der Waals surface area contributed by atoms with Crippen molar-refractivity contribution in [2.45, 2.75) is 0 Å². The Balaban J connectivity index is 2.32. The summed E-state index contributed by atoms with van der Waals surface area (Å²) in [5.74, 6) is -0.0914. The SMILES string of the molecule is COCOc1cc(OC)cc(O)c1C(=O)/C=C/c1ccccn1. The summed E-state index contributed by atoms with van der Waals surface area (Å²) in [6.45, 7) is -0.0587. The number of carbonyl (C=O) groups excluding carboxylic acids is 1. The van der Waals surface area contributed by atoms with Crippen molar-refractivity contribution in [2.75, 3.05) is 21.0 Å². The van der Waals surface area contributed by atoms with Gasteiger partial charge in [0, 0.05) is 25.4 Å². The summed E-state index contributed by atoms with van der Waals surface area (Å²) in [5, 5.41) is 10.1. The minimum atomic E-state index is -0.415. The predicted molar refractivity (Wildman–Crippen MR) is 84.8 cm³/mol. The molecule has 1 N–H and O–H groups in total. The Kier molecular flexibility index (Phi) is 5.71. The predicted octanol–water partition coefficient (Wildman–Crippen LogP) is 2.67. The number of ether oxygens (including phenoxy) is 3. The summed E-state index contributed by atoms with van der Waals surface area (Å²) in [6.07, 6.45) is 4.51. The molecule has 0 fully saturated rings. The fourth-order valence-electron chi connectivity index (χ4n) is 1.90. The molecule has 0 spiro atoms. The van der Waals surface area contributed by atoms with Gasteiger partial charge >= 0.3 is 0 Å². The first-order valence-corrected chi connectivity index (χ1v) is 6.82. The molecule has 1 aromatic carbocycles. The molecule has 6 nitrogen and oxygen atoms in total. The van der Waals surface area contributed by atoms with Crippen molar-refractivity contribution < 1.29 is 24.1 Å². The monoisotopic (exact) mass is 315 g/mol. The van der Waals surface area contributed by atoms with Crippen molar-refractivity contribution >= 4 is 11.9 Å². The van der Waals surface area contributed by atoms with E-state index in [0.29, 0.717) is 11.4 Å². The van der Waals surface area contributed by atoms with Crippen LogP contribution in [-0.4, -0.2) is 36.9 Å². The number of carbonyl (C=O) groups is 1. The van der Waals surface area contributed by atoms with Crippen LogP contribution in [0.5, 0.6) is 17.2 Å². The molecule has 6 heteroatoms. The Labute approximate surface area is 134 Å². The second kappa shape index (κ2) is 7.95. The number of ketones is 1. The van der Waals surface area contributed by atoms with E-state index in [1.807, 2.05) is 6.07 Å². The number of hydrogen-bond donors (Lipinski definition) is 1. The lowest BCUT2D eigenvalue weighted by Gasteiger charge is -2.12. The van der Waals surface area contributed by atoms with Crippen molar-refractivity contribution in [3.05, 3.63) is 53.9 Å². The van der Waals surface area contributed by atoms with Crippen molar-refractivity contribution in [2.24, 2.45) is 0 Å². The van der Waals surface area contributed by atoms with Crippen LogP contribution in [0.3, 0.4) is 0 Å². The summed E-state index contributed by atoms with van der Waals surface area (Å²) in [7, 11) is 2.92. The van der Waals surface area contributed by atoms with Crippen LogP contribution in [0.1, 0.15) is 16.1 Å². The highest BCUT2D eigenvalue weighted by Crippen LogP contribution is 2.34. The molecule has 0 aliphatic rings. The van der Waals surface area contributed by atoms with E-state index < -0.39 is 5.78 Å². The average Bonchev–Trinajstić information content (AvgIpc) is 2.58. The molecular weight excluding hydrogens is 298 g/mol. The third-order valence-corrected chi connectivity index (χ3v) is 2.96. The topological polar surface area (TPSA) is 77.9 Å². The van der Waals surface area contributed by atoms with Gasteiger partial charge in [0.05, 0.1) is 12.8 Å². The quantitative estimate of drug-likeness (QED) is 0.481. The lowest BCUT2D eigenvalue weighted by atomic mass is 10.1. The van der Waals surface area contributed by atoms with Crippen LogP contribution in [0, 0.1) is 0 Å². The Morgan fingerprint density at radius 3 is 2.78 bits per heavy atom. The second-order valence-electron chi connectivity index (χ2n) is 4.52. The van der Waals surface area contributed by atoms with Gasteiger partial charge in [-0.3, -0.25) is 9.78 Å². The number of methoxy groups -OCH3 is 2. The summed E-state index contributed by atoms with van der Waals surface area (Å²) >= 11 is 0. The fourth-order valence-corrected chi connectivity index (χ4v) is 1.90. The average molecular weight is 315 g/mol. The molecule has 0 amide bonds. The summed E-state index contributed by atoms with van der Waals surface area (Å²) in [4.78, 5) is 16.5. The van der Waals surface area contributed by atoms with Gasteiger partial charge < -0.3 is 19.3 Å². The van der Waals surface area contributed by atoms with Gasteiger partial charge in [0.2, 0.25) is 0 Å². The first-order valence-electron chi connectivity index (χ1n) is 6.82. The molecule has 1 heterocycles. The molecule has 2 aromatic rings. The zero-order valence-electron chi connectivity index (χ0n) is 12.9. The molecule has 0 radical (unpaired) electrons. The van der Waals surface area contributed by atoms with Crippen molar-refractivity contribution in [3.63, 3.8) is 0 Å². The third-order valence-electron chi connectivity index (χ3n) is 2.96. The van der Waals surface area contributed by atoms with Gasteiger partial charge in [-0.05, 0) is 24.3 Å². The molecule has 23 heavy (non-hydrogen) atoms. The first-order chi connectivity index (χ1) is 11.2. The Morgan fingerprint density at radius 2 is 2.13 bits per heavy atom. The number of benzene rings is 1. The molecule has 0 aliphatic carbocycles. The zero-order chi connectivity index (χ0) is 16.7. The standard InChI is InChI=1S/C17H17NO5/c1-21-11-23-16-10-13(22-2)9-15(20)17(16)14(19)7-6-12-5-3-4-8-18-12/h3-10,20H,11H2,1-2H3/b7-6+. The van der Waals surface area contributed by atoms with Gasteiger partial charge in [-0.2, -0.15) is 0 Å². The number of rotatable bonds is 7. The number of hydrogen-bond acceptors (Lipinski definition) is 6. The zero-order valence-corrected chi connectivity index (χ0v) is 12.9. The van der Waals surface area contributed by atoms with E-state index in [4.69, 9.17) is 14.2 Å². The van der Waals surface area contributed by atoms with Crippen LogP contribution in [0.2, 0.25) is 0 Å². The summed E-state index contributed by atoms with van der Waals surface area (Å²) in [6, 6.07) is 8.22. The number of pyridine rings is 1. The van der Waals surface area contributed by atoms with Gasteiger partial charge in [-0.1, -0.05) is 6.07 Å². The van der Waals surface area contributed by atoms with Crippen LogP contribution >= 0.6 is 0 Å². The van der Waals surface area contributed by atoms with Crippen LogP contribution in [0.25, 0.3) is 6.08 Å². The minimum Gasteiger partial charge on any atom is -0.507 e. The molecule has 0 saturated heterocycles. The number of aromatic hydroxyl groups is 1. The lowest BCUT2D eigenvalue weighted by Crippen LogP contribution is -2.05. The van der Waals surface area contributed by atoms with Crippen LogP contribution in [0.4, 0.5) is 0 Å². The van der Waals surface area contributed by atoms with Crippen molar-refractivity contribution in [3.8, 4) is 17.2 Å². The molecule has 0 bridgehead atoms. The summed E-state index contributed by atoms with van der Waals surface area (Å²) in [5.41, 5.74) is 0.670. The summed E-state index contributed by atoms with van der Waals surface area (Å²) < 4.78 is 15.2. The Bertz CT molecular complexity index is 698. The smallest absolute Gasteiger partial charge is 0.193 e. The van der Waals surface area contributed by atoms with Gasteiger partial charge in [0.25, 0.3) is 0 Å². The number of allylic oxidation sites excluding steroid dienone is 1. The van der Waals surface area contributed by atoms with Crippen LogP contribution in [0.15, 0.2) is 42.6 Å². The number of phenols is 1. The highest BCUT2D eigenvalue weighted by atomic mass is 16.7. The van der Waals surface area contributed by atoms with Gasteiger partial charge in [-0.25, -0.2) is 0 Å². The highest BCUT2D eigenvalue weighted by Gasteiger charge is 2.18. The molecule has 2 rings (SSSR count). The van der Waals surface area contributed by atoms with E-state index in [9.17, 15) is 9.90 Å². The van der Waals surface area contributed by atoms with Gasteiger partial charge in [0.1, 0.15) is 22.8 Å². The van der Waals surface area contributed by atoms with E-state index in [2.05, 4.69) is 4.98 Å². The molecule has 0 saturated carbocycles. The van der Waals surface area contributed by atoms with Gasteiger partial charge in [-0.15, -0.1) is 0 Å². The second-order valence-corrected chi connectivity index (χ2v) is 4.52. The highest BCUT2D eigenvalue weighted by molar-refractivity contribution is 6.10. The molecule has 0 unspecified atom stereocenters.